The Morgan fingerprint density at radius 2 is 1.88 bits per heavy atom. The number of para-hydroxylation sites is 1. The third kappa shape index (κ3) is 5.94. The molecular weight excluding hydrogens is 536 g/mol. The molecule has 3 aromatic rings. The predicted molar refractivity (Wildman–Crippen MR) is 158 cm³/mol. The number of thiazole rings is 1. The lowest BCUT2D eigenvalue weighted by atomic mass is 9.90. The van der Waals surface area contributed by atoms with Gasteiger partial charge in [-0.05, 0) is 55.7 Å². The Kier molecular flexibility index (Phi) is 7.93. The van der Waals surface area contributed by atoms with Gasteiger partial charge in [0, 0.05) is 18.8 Å². The number of fused-ring (bicyclic) bond motifs is 3. The zero-order chi connectivity index (χ0) is 28.4. The van der Waals surface area contributed by atoms with Crippen LogP contribution in [0.15, 0.2) is 66.7 Å². The molecule has 2 fully saturated rings. The number of hydrogen-bond acceptors (Lipinski definition) is 6. The van der Waals surface area contributed by atoms with Crippen LogP contribution >= 0.6 is 11.3 Å². The monoisotopic (exact) mass is 572 g/mol. The van der Waals surface area contributed by atoms with E-state index in [9.17, 15) is 19.5 Å². The standard InChI is InChI=1S/C33H36N2O5S/c36-28-20-33(31(38)39)19-24(33)14-8-3-1-2-7-13-23(17-22-11-5-4-6-12-22)30(37)35-21-25(18-27(28)35)40-32-34-26-15-9-10-16-29(26)41-32/h4-6,8-12,14-16,23-25,27H,1-3,7,13,17-21H2,(H,38,39)/b14-8-/t23-,24-,25-,27+,33-/m1/s1. The number of aliphatic carboxylic acids is 1. The van der Waals surface area contributed by atoms with Crippen LogP contribution in [0.3, 0.4) is 0 Å². The van der Waals surface area contributed by atoms with Crippen LogP contribution in [0, 0.1) is 17.3 Å². The SMILES string of the molecule is O=C1C[C@]2(C(=O)O)C[C@H]2/C=C\CCCCC[C@H](Cc2ccccc2)C(=O)N2C[C@H](Oc3nc4ccccc4s3)C[C@@H]12. The average molecular weight is 573 g/mol. The van der Waals surface area contributed by atoms with Gasteiger partial charge in [-0.1, -0.05) is 78.8 Å². The molecule has 8 heteroatoms. The van der Waals surface area contributed by atoms with Crippen LogP contribution in [0.4, 0.5) is 0 Å². The number of carboxylic acid groups (broad SMARTS) is 1. The van der Waals surface area contributed by atoms with Crippen LogP contribution in [0.2, 0.25) is 0 Å². The Labute approximate surface area is 244 Å². The van der Waals surface area contributed by atoms with Gasteiger partial charge in [0.15, 0.2) is 5.78 Å². The Bertz CT molecular complexity index is 1420. The molecule has 0 unspecified atom stereocenters. The number of carboxylic acids is 1. The van der Waals surface area contributed by atoms with Gasteiger partial charge in [-0.15, -0.1) is 0 Å². The van der Waals surface area contributed by atoms with Crippen LogP contribution in [-0.2, 0) is 20.8 Å². The van der Waals surface area contributed by atoms with Crippen LogP contribution in [-0.4, -0.2) is 51.3 Å². The van der Waals surface area contributed by atoms with E-state index in [1.54, 1.807) is 4.90 Å². The van der Waals surface area contributed by atoms with Crippen molar-refractivity contribution in [3.63, 3.8) is 0 Å². The summed E-state index contributed by atoms with van der Waals surface area (Å²) in [5.74, 6) is -1.53. The van der Waals surface area contributed by atoms with E-state index in [2.05, 4.69) is 11.1 Å². The normalized spacial score (nSPS) is 29.7. The number of Topliss-reactive ketones (excluding diaryl/α,β-unsaturated/α-hetero) is 1. The highest BCUT2D eigenvalue weighted by Crippen LogP contribution is 2.57. The van der Waals surface area contributed by atoms with Crippen molar-refractivity contribution in [2.24, 2.45) is 17.3 Å². The molecule has 6 rings (SSSR count). The molecule has 2 aromatic carbocycles. The third-order valence-corrected chi connectivity index (χ3v) is 9.90. The second kappa shape index (κ2) is 11.8. The fourth-order valence-corrected chi connectivity index (χ4v) is 7.43. The second-order valence-electron chi connectivity index (χ2n) is 11.8. The van der Waals surface area contributed by atoms with Crippen LogP contribution in [0.1, 0.15) is 56.9 Å². The lowest BCUT2D eigenvalue weighted by Gasteiger charge is -2.29. The highest BCUT2D eigenvalue weighted by Gasteiger charge is 2.61. The Morgan fingerprint density at radius 1 is 1.07 bits per heavy atom. The van der Waals surface area contributed by atoms with E-state index in [-0.39, 0.29) is 36.1 Å². The number of ether oxygens (including phenoxy) is 1. The first kappa shape index (κ1) is 27.6. The summed E-state index contributed by atoms with van der Waals surface area (Å²) in [5.41, 5.74) is 0.881. The largest absolute Gasteiger partial charge is 0.481 e. The minimum Gasteiger partial charge on any atom is -0.481 e. The van der Waals surface area contributed by atoms with Gasteiger partial charge in [0.05, 0.1) is 28.2 Å². The van der Waals surface area contributed by atoms with Crippen molar-refractivity contribution in [2.75, 3.05) is 6.54 Å². The number of benzene rings is 2. The predicted octanol–water partition coefficient (Wildman–Crippen LogP) is 6.07. The maximum absolute atomic E-state index is 14.2. The molecule has 0 bridgehead atoms. The van der Waals surface area contributed by atoms with E-state index in [1.165, 1.54) is 11.3 Å². The molecule has 1 saturated heterocycles. The van der Waals surface area contributed by atoms with Gasteiger partial charge in [0.2, 0.25) is 5.91 Å². The first-order chi connectivity index (χ1) is 19.9. The molecule has 3 heterocycles. The van der Waals surface area contributed by atoms with E-state index in [1.807, 2.05) is 60.7 Å². The minimum absolute atomic E-state index is 0.0349. The van der Waals surface area contributed by atoms with Crippen LogP contribution in [0.25, 0.3) is 10.2 Å². The Hall–Kier alpha value is -3.52. The highest BCUT2D eigenvalue weighted by atomic mass is 32.1. The number of rotatable bonds is 5. The van der Waals surface area contributed by atoms with E-state index in [0.717, 1.165) is 47.9 Å². The fourth-order valence-electron chi connectivity index (χ4n) is 6.55. The molecule has 1 N–H and O–H groups in total. The summed E-state index contributed by atoms with van der Waals surface area (Å²) < 4.78 is 7.31. The molecule has 7 nitrogen and oxygen atoms in total. The van der Waals surface area contributed by atoms with E-state index >= 15 is 0 Å². The quantitative estimate of drug-likeness (QED) is 0.373. The smallest absolute Gasteiger partial charge is 0.310 e. The van der Waals surface area contributed by atoms with Gasteiger partial charge in [0.25, 0.3) is 5.19 Å². The topological polar surface area (TPSA) is 96.8 Å². The number of allylic oxidation sites excluding steroid dienone is 2. The first-order valence-corrected chi connectivity index (χ1v) is 15.5. The molecule has 0 spiro atoms. The van der Waals surface area contributed by atoms with E-state index < -0.39 is 17.4 Å². The van der Waals surface area contributed by atoms with Crippen molar-refractivity contribution in [1.29, 1.82) is 0 Å². The van der Waals surface area contributed by atoms with Crippen LogP contribution < -0.4 is 4.74 Å². The maximum Gasteiger partial charge on any atom is 0.310 e. The summed E-state index contributed by atoms with van der Waals surface area (Å²) in [6.45, 7) is 0.292. The number of carbonyl (C=O) groups excluding carboxylic acids is 2. The zero-order valence-electron chi connectivity index (χ0n) is 23.1. The summed E-state index contributed by atoms with van der Waals surface area (Å²) in [4.78, 5) is 46.8. The molecule has 2 aliphatic heterocycles. The molecule has 3 aliphatic rings. The first-order valence-electron chi connectivity index (χ1n) is 14.7. The second-order valence-corrected chi connectivity index (χ2v) is 12.8. The lowest BCUT2D eigenvalue weighted by Crippen LogP contribution is -2.45. The summed E-state index contributed by atoms with van der Waals surface area (Å²) in [6, 6.07) is 17.1. The Balaban J connectivity index is 1.28. The number of nitrogens with zero attached hydrogens (tertiary/aromatic N) is 2. The minimum atomic E-state index is -1.07. The van der Waals surface area contributed by atoms with Gasteiger partial charge in [-0.2, -0.15) is 0 Å². The average Bonchev–Trinajstić information content (AvgIpc) is 3.28. The number of carbonyl (C=O) groups is 3. The molecule has 0 radical (unpaired) electrons. The summed E-state index contributed by atoms with van der Waals surface area (Å²) >= 11 is 1.45. The van der Waals surface area contributed by atoms with Gasteiger partial charge in [-0.25, -0.2) is 4.98 Å². The molecule has 1 amide bonds. The van der Waals surface area contributed by atoms with Gasteiger partial charge in [-0.3, -0.25) is 14.4 Å². The number of amides is 1. The highest BCUT2D eigenvalue weighted by molar-refractivity contribution is 7.20. The zero-order valence-corrected chi connectivity index (χ0v) is 23.9. The van der Waals surface area contributed by atoms with Crippen molar-refractivity contribution in [1.82, 2.24) is 9.88 Å². The molecule has 1 aromatic heterocycles. The molecule has 1 aliphatic carbocycles. The summed E-state index contributed by atoms with van der Waals surface area (Å²) in [5, 5.41) is 10.6. The number of aromatic nitrogens is 1. The molecule has 214 valence electrons. The van der Waals surface area contributed by atoms with Crippen molar-refractivity contribution in [2.45, 2.75) is 69.9 Å². The third-order valence-electron chi connectivity index (χ3n) is 8.97. The van der Waals surface area contributed by atoms with Crippen molar-refractivity contribution in [3.8, 4) is 5.19 Å². The summed E-state index contributed by atoms with van der Waals surface area (Å²) in [7, 11) is 0. The van der Waals surface area contributed by atoms with Crippen molar-refractivity contribution < 1.29 is 24.2 Å². The van der Waals surface area contributed by atoms with Crippen molar-refractivity contribution >= 4 is 39.2 Å². The molecule has 5 atom stereocenters. The Morgan fingerprint density at radius 3 is 2.68 bits per heavy atom. The fraction of sp³-hybridized carbons (Fsp3) is 0.455. The number of hydrogen-bond donors (Lipinski definition) is 1. The van der Waals surface area contributed by atoms with Gasteiger partial charge < -0.3 is 14.7 Å². The number of ketones is 1. The summed E-state index contributed by atoms with van der Waals surface area (Å²) in [6.07, 6.45) is 9.61. The van der Waals surface area contributed by atoms with E-state index in [4.69, 9.17) is 4.74 Å². The molecule has 1 saturated carbocycles. The maximum atomic E-state index is 14.2. The van der Waals surface area contributed by atoms with Crippen molar-refractivity contribution in [3.05, 3.63) is 72.3 Å². The van der Waals surface area contributed by atoms with Crippen LogP contribution in [0.5, 0.6) is 5.19 Å². The van der Waals surface area contributed by atoms with E-state index in [0.29, 0.717) is 31.0 Å². The van der Waals surface area contributed by atoms with Gasteiger partial charge in [0.1, 0.15) is 6.10 Å². The van der Waals surface area contributed by atoms with Gasteiger partial charge >= 0.3 is 5.97 Å². The molecular formula is C33H36N2O5S. The lowest BCUT2D eigenvalue weighted by molar-refractivity contribution is -0.147. The molecule has 41 heavy (non-hydrogen) atoms.